The summed E-state index contributed by atoms with van der Waals surface area (Å²) in [6.45, 7) is 4.31. The third-order valence-electron chi connectivity index (χ3n) is 5.05. The van der Waals surface area contributed by atoms with Crippen molar-refractivity contribution < 1.29 is 26.2 Å². The minimum absolute atomic E-state index is 0. The molecule has 0 atom stereocenters. The van der Waals surface area contributed by atoms with Gasteiger partial charge < -0.3 is 14.9 Å². The summed E-state index contributed by atoms with van der Waals surface area (Å²) in [6, 6.07) is 38.5. The van der Waals surface area contributed by atoms with Crippen LogP contribution in [0.2, 0.25) is 13.1 Å². The Morgan fingerprint density at radius 1 is 0.438 bits per heavy atom. The summed E-state index contributed by atoms with van der Waals surface area (Å²) in [7, 11) is 1.08. The standard InChI is InChI=1S/2C13H9.C2H6Si.2CH3.Zr/c2*1-3-7-12-10(5-1)9-11-6-2-4-8-13(11)12;1-3-2;;;/h2*1-9H;1-2H3;2*1H3;/q2*-1;;2*-1;+4. The molecule has 6 rings (SSSR count). The molecule has 0 nitrogen and oxygen atoms in total. The molecule has 0 unspecified atom stereocenters. The molecule has 32 heavy (non-hydrogen) atoms. The molecule has 6 aromatic carbocycles. The SMILES string of the molecule is C[Si]C.[CH3-].[CH3-].[Zr+4].c1ccc2c(c1)[cH-]c1ccccc12.c1ccc2c(c1)[cH-]c1ccccc12. The van der Waals surface area contributed by atoms with Gasteiger partial charge in [0.2, 0.25) is 0 Å². The van der Waals surface area contributed by atoms with Gasteiger partial charge in [-0.15, -0.1) is 79.5 Å². The molecule has 0 aliphatic rings. The summed E-state index contributed by atoms with van der Waals surface area (Å²) in [5.41, 5.74) is 0. The molecule has 0 bridgehead atoms. The Morgan fingerprint density at radius 3 is 0.844 bits per heavy atom. The Kier molecular flexibility index (Phi) is 11.5. The van der Waals surface area contributed by atoms with Gasteiger partial charge in [-0.1, -0.05) is 85.9 Å². The van der Waals surface area contributed by atoms with Gasteiger partial charge in [0.1, 0.15) is 0 Å². The zero-order chi connectivity index (χ0) is 20.1. The van der Waals surface area contributed by atoms with E-state index in [0.717, 1.165) is 9.52 Å². The molecule has 0 spiro atoms. The van der Waals surface area contributed by atoms with Crippen LogP contribution in [0.3, 0.4) is 0 Å². The van der Waals surface area contributed by atoms with Gasteiger partial charge in [0.15, 0.2) is 0 Å². The van der Waals surface area contributed by atoms with Crippen LogP contribution in [0.4, 0.5) is 0 Å². The first-order valence-corrected chi connectivity index (χ1v) is 12.0. The van der Waals surface area contributed by atoms with E-state index < -0.39 is 0 Å². The first-order valence-electron chi connectivity index (χ1n) is 9.96. The first-order chi connectivity index (χ1) is 14.3. The predicted octanol–water partition coefficient (Wildman–Crippen LogP) is 9.11. The van der Waals surface area contributed by atoms with Crippen molar-refractivity contribution in [3.63, 3.8) is 0 Å². The van der Waals surface area contributed by atoms with Gasteiger partial charge in [-0.25, -0.2) is 0 Å². The van der Waals surface area contributed by atoms with Gasteiger partial charge in [-0.3, -0.25) is 0 Å². The van der Waals surface area contributed by atoms with E-state index in [1.165, 1.54) is 43.1 Å². The number of hydrogen-bond donors (Lipinski definition) is 0. The molecule has 0 heterocycles. The van der Waals surface area contributed by atoms with Crippen LogP contribution in [-0.4, -0.2) is 9.52 Å². The van der Waals surface area contributed by atoms with E-state index in [9.17, 15) is 0 Å². The molecule has 0 aromatic heterocycles. The van der Waals surface area contributed by atoms with Crippen molar-refractivity contribution in [3.05, 3.63) is 124 Å². The van der Waals surface area contributed by atoms with Gasteiger partial charge in [0.25, 0.3) is 0 Å². The third kappa shape index (κ3) is 5.94. The fourth-order valence-corrected chi connectivity index (χ4v) is 3.81. The first kappa shape index (κ1) is 27.8. The van der Waals surface area contributed by atoms with Crippen LogP contribution < -0.4 is 0 Å². The Morgan fingerprint density at radius 2 is 0.625 bits per heavy atom. The number of rotatable bonds is 0. The van der Waals surface area contributed by atoms with E-state index in [1.807, 2.05) is 0 Å². The summed E-state index contributed by atoms with van der Waals surface area (Å²) < 4.78 is 0. The van der Waals surface area contributed by atoms with Crippen LogP contribution in [0.25, 0.3) is 43.1 Å². The predicted molar refractivity (Wildman–Crippen MR) is 144 cm³/mol. The van der Waals surface area contributed by atoms with E-state index in [0.29, 0.717) is 0 Å². The summed E-state index contributed by atoms with van der Waals surface area (Å²) in [5, 5.41) is 10.8. The number of fused-ring (bicyclic) bond motifs is 6. The average molecular weight is 510 g/mol. The van der Waals surface area contributed by atoms with E-state index in [-0.39, 0.29) is 41.1 Å². The summed E-state index contributed by atoms with van der Waals surface area (Å²) in [5.74, 6) is 0. The second-order valence-corrected chi connectivity index (χ2v) is 8.14. The smallest absolute Gasteiger partial charge is 0.358 e. The Hall–Kier alpha value is -2.28. The number of hydrogen-bond acceptors (Lipinski definition) is 0. The maximum atomic E-state index is 2.24. The van der Waals surface area contributed by atoms with Crippen molar-refractivity contribution in [1.29, 1.82) is 0 Å². The van der Waals surface area contributed by atoms with Crippen molar-refractivity contribution in [2.45, 2.75) is 13.1 Å². The van der Waals surface area contributed by atoms with E-state index in [2.05, 4.69) is 122 Å². The zero-order valence-electron chi connectivity index (χ0n) is 19.4. The van der Waals surface area contributed by atoms with Crippen LogP contribution >= 0.6 is 0 Å². The molecule has 2 radical (unpaired) electrons. The quantitative estimate of drug-likeness (QED) is 0.141. The average Bonchev–Trinajstić information content (AvgIpc) is 3.33. The van der Waals surface area contributed by atoms with Crippen LogP contribution in [0, 0.1) is 14.9 Å². The summed E-state index contributed by atoms with van der Waals surface area (Å²) in [4.78, 5) is 0. The molecular weight excluding hydrogens is 480 g/mol. The van der Waals surface area contributed by atoms with Crippen molar-refractivity contribution in [2.75, 3.05) is 0 Å². The van der Waals surface area contributed by atoms with E-state index in [4.69, 9.17) is 0 Å². The maximum absolute atomic E-state index is 2.24. The number of benzene rings is 4. The molecule has 0 amide bonds. The Labute approximate surface area is 214 Å². The van der Waals surface area contributed by atoms with E-state index in [1.54, 1.807) is 0 Å². The molecule has 0 aliphatic carbocycles. The van der Waals surface area contributed by atoms with Crippen molar-refractivity contribution in [1.82, 2.24) is 0 Å². The molecular formula is C30H30SiZr. The maximum Gasteiger partial charge on any atom is 4.00 e. The minimum atomic E-state index is 0. The summed E-state index contributed by atoms with van der Waals surface area (Å²) in [6.07, 6.45) is 0. The van der Waals surface area contributed by atoms with Crippen LogP contribution in [0.15, 0.2) is 109 Å². The molecule has 2 heteroatoms. The molecule has 0 fully saturated rings. The van der Waals surface area contributed by atoms with Gasteiger partial charge in [0.05, 0.1) is 0 Å². The summed E-state index contributed by atoms with van der Waals surface area (Å²) >= 11 is 0. The van der Waals surface area contributed by atoms with Gasteiger partial charge in [-0.2, -0.15) is 0 Å². The van der Waals surface area contributed by atoms with Crippen molar-refractivity contribution in [3.8, 4) is 0 Å². The second-order valence-electron chi connectivity index (χ2n) is 7.14. The molecule has 6 aromatic rings. The minimum Gasteiger partial charge on any atom is -0.358 e. The molecule has 0 saturated heterocycles. The normalized spacial score (nSPS) is 9.56. The van der Waals surface area contributed by atoms with Crippen LogP contribution in [-0.2, 0) is 26.2 Å². The van der Waals surface area contributed by atoms with Crippen molar-refractivity contribution in [2.24, 2.45) is 0 Å². The van der Waals surface area contributed by atoms with Gasteiger partial charge in [-0.05, 0) is 0 Å². The third-order valence-corrected chi connectivity index (χ3v) is 5.05. The zero-order valence-corrected chi connectivity index (χ0v) is 22.9. The van der Waals surface area contributed by atoms with Gasteiger partial charge >= 0.3 is 26.2 Å². The van der Waals surface area contributed by atoms with Crippen LogP contribution in [0.1, 0.15) is 0 Å². The fraction of sp³-hybridized carbons (Fsp3) is 0.0667. The molecule has 0 aliphatic heterocycles. The molecule has 0 N–H and O–H groups in total. The monoisotopic (exact) mass is 508 g/mol. The topological polar surface area (TPSA) is 0 Å². The van der Waals surface area contributed by atoms with Crippen LogP contribution in [0.5, 0.6) is 0 Å². The van der Waals surface area contributed by atoms with Gasteiger partial charge in [0, 0.05) is 9.52 Å². The Balaban J connectivity index is 0.000000264. The molecule has 0 saturated carbocycles. The van der Waals surface area contributed by atoms with E-state index >= 15 is 0 Å². The largest absolute Gasteiger partial charge is 4.00 e. The molecule has 158 valence electrons. The Bertz CT molecular complexity index is 1150. The van der Waals surface area contributed by atoms with Crippen molar-refractivity contribution >= 4 is 52.6 Å². The fourth-order valence-electron chi connectivity index (χ4n) is 3.81. The second kappa shape index (κ2) is 13.3.